The minimum Gasteiger partial charge on any atom is -0.460 e. The molecule has 0 aliphatic carbocycles. The summed E-state index contributed by atoms with van der Waals surface area (Å²) >= 11 is 0. The van der Waals surface area contributed by atoms with Crippen molar-refractivity contribution in [1.82, 2.24) is 14.8 Å². The minimum atomic E-state index is -4.44. The van der Waals surface area contributed by atoms with Crippen LogP contribution in [0.4, 0.5) is 18.9 Å². The molecule has 164 valence electrons. The van der Waals surface area contributed by atoms with E-state index in [0.717, 1.165) is 12.1 Å². The van der Waals surface area contributed by atoms with E-state index in [4.69, 9.17) is 9.47 Å². The summed E-state index contributed by atoms with van der Waals surface area (Å²) in [5.41, 5.74) is 0.770. The number of nitrogens with zero attached hydrogens (tertiary/aromatic N) is 3. The predicted octanol–water partition coefficient (Wildman–Crippen LogP) is 4.33. The Balaban J connectivity index is 2.00. The van der Waals surface area contributed by atoms with Gasteiger partial charge < -0.3 is 14.8 Å². The summed E-state index contributed by atoms with van der Waals surface area (Å²) in [6.07, 6.45) is -4.12. The van der Waals surface area contributed by atoms with E-state index in [9.17, 15) is 18.0 Å². The largest absolute Gasteiger partial charge is 0.460 e. The van der Waals surface area contributed by atoms with Crippen molar-refractivity contribution in [2.24, 2.45) is 0 Å². The van der Waals surface area contributed by atoms with E-state index in [1.807, 2.05) is 0 Å². The number of ether oxygens (including phenoxy) is 2. The SMILES string of the molecule is CCC(=O)Nc1cccc(-n2nc(OCCOC)nc2-c2ccc(C(F)(F)F)cc2)c1. The van der Waals surface area contributed by atoms with E-state index in [1.54, 1.807) is 31.2 Å². The minimum absolute atomic E-state index is 0.0509. The molecule has 31 heavy (non-hydrogen) atoms. The van der Waals surface area contributed by atoms with Crippen molar-refractivity contribution in [3.63, 3.8) is 0 Å². The van der Waals surface area contributed by atoms with Gasteiger partial charge in [-0.05, 0) is 30.3 Å². The number of halogens is 3. The van der Waals surface area contributed by atoms with Crippen LogP contribution in [-0.2, 0) is 15.7 Å². The van der Waals surface area contributed by atoms with Gasteiger partial charge in [-0.2, -0.15) is 18.2 Å². The molecule has 0 spiro atoms. The molecule has 0 fully saturated rings. The molecule has 1 aromatic heterocycles. The van der Waals surface area contributed by atoms with Gasteiger partial charge in [-0.15, -0.1) is 5.10 Å². The van der Waals surface area contributed by atoms with Crippen LogP contribution in [0, 0.1) is 0 Å². The fraction of sp³-hybridized carbons (Fsp3) is 0.286. The normalized spacial score (nSPS) is 11.4. The Morgan fingerprint density at radius 2 is 1.87 bits per heavy atom. The van der Waals surface area contributed by atoms with Crippen molar-refractivity contribution < 1.29 is 27.4 Å². The zero-order valence-corrected chi connectivity index (χ0v) is 16.9. The molecule has 0 saturated carbocycles. The summed E-state index contributed by atoms with van der Waals surface area (Å²) in [7, 11) is 1.53. The lowest BCUT2D eigenvalue weighted by molar-refractivity contribution is -0.137. The number of carbonyl (C=O) groups is 1. The van der Waals surface area contributed by atoms with Crippen LogP contribution < -0.4 is 10.1 Å². The average Bonchev–Trinajstić information content (AvgIpc) is 3.18. The van der Waals surface area contributed by atoms with E-state index in [2.05, 4.69) is 15.4 Å². The van der Waals surface area contributed by atoms with Gasteiger partial charge in [0.25, 0.3) is 0 Å². The lowest BCUT2D eigenvalue weighted by atomic mass is 10.1. The Kier molecular flexibility index (Phi) is 6.91. The van der Waals surface area contributed by atoms with Crippen molar-refractivity contribution >= 4 is 11.6 Å². The lowest BCUT2D eigenvalue weighted by Gasteiger charge is -2.10. The van der Waals surface area contributed by atoms with Crippen LogP contribution in [0.5, 0.6) is 6.01 Å². The average molecular weight is 434 g/mol. The van der Waals surface area contributed by atoms with E-state index in [1.165, 1.54) is 23.9 Å². The molecule has 3 rings (SSSR count). The molecule has 1 N–H and O–H groups in total. The highest BCUT2D eigenvalue weighted by molar-refractivity contribution is 5.90. The van der Waals surface area contributed by atoms with Gasteiger partial charge in [0.05, 0.1) is 17.9 Å². The number of carbonyl (C=O) groups excluding carboxylic acids is 1. The molecule has 0 saturated heterocycles. The van der Waals surface area contributed by atoms with Crippen LogP contribution in [-0.4, -0.2) is 41.0 Å². The highest BCUT2D eigenvalue weighted by atomic mass is 19.4. The van der Waals surface area contributed by atoms with Crippen LogP contribution in [0.2, 0.25) is 0 Å². The third-order valence-corrected chi connectivity index (χ3v) is 4.27. The monoisotopic (exact) mass is 434 g/mol. The molecule has 3 aromatic rings. The molecule has 0 radical (unpaired) electrons. The summed E-state index contributed by atoms with van der Waals surface area (Å²) in [6, 6.07) is 11.5. The Bertz CT molecular complexity index is 1030. The number of hydrogen-bond donors (Lipinski definition) is 1. The summed E-state index contributed by atoms with van der Waals surface area (Å²) < 4.78 is 50.6. The molecule has 0 aliphatic heterocycles. The van der Waals surface area contributed by atoms with Crippen molar-refractivity contribution in [3.8, 4) is 23.1 Å². The fourth-order valence-electron chi connectivity index (χ4n) is 2.71. The third kappa shape index (κ3) is 5.60. The molecule has 0 aliphatic rings. The number of hydrogen-bond acceptors (Lipinski definition) is 5. The van der Waals surface area contributed by atoms with Crippen LogP contribution in [0.15, 0.2) is 48.5 Å². The van der Waals surface area contributed by atoms with Gasteiger partial charge in [0.15, 0.2) is 5.82 Å². The molecular formula is C21H21F3N4O3. The standard InChI is InChI=1S/C21H21F3N4O3/c1-3-18(29)25-16-5-4-6-17(13-16)28-19(26-20(27-28)31-12-11-30-2)14-7-9-15(10-8-14)21(22,23)24/h4-10,13H,3,11-12H2,1-2H3,(H,25,29). The second kappa shape index (κ2) is 9.61. The highest BCUT2D eigenvalue weighted by Crippen LogP contribution is 2.31. The van der Waals surface area contributed by atoms with Gasteiger partial charge in [0.2, 0.25) is 5.91 Å². The third-order valence-electron chi connectivity index (χ3n) is 4.27. The first-order valence-electron chi connectivity index (χ1n) is 9.48. The molecule has 1 amide bonds. The maximum Gasteiger partial charge on any atom is 0.416 e. The van der Waals surface area contributed by atoms with Gasteiger partial charge in [0.1, 0.15) is 6.61 Å². The molecule has 0 bridgehead atoms. The molecule has 0 unspecified atom stereocenters. The summed E-state index contributed by atoms with van der Waals surface area (Å²) in [6.45, 7) is 2.27. The molecule has 0 atom stereocenters. The Morgan fingerprint density at radius 3 is 2.52 bits per heavy atom. The van der Waals surface area contributed by atoms with Gasteiger partial charge in [-0.3, -0.25) is 4.79 Å². The maximum atomic E-state index is 12.9. The number of anilines is 1. The van der Waals surface area contributed by atoms with E-state index in [-0.39, 0.29) is 18.5 Å². The van der Waals surface area contributed by atoms with Crippen LogP contribution in [0.25, 0.3) is 17.1 Å². The number of benzene rings is 2. The Morgan fingerprint density at radius 1 is 1.13 bits per heavy atom. The van der Waals surface area contributed by atoms with E-state index in [0.29, 0.717) is 35.8 Å². The second-order valence-corrected chi connectivity index (χ2v) is 6.50. The first-order chi connectivity index (χ1) is 14.8. The highest BCUT2D eigenvalue weighted by Gasteiger charge is 2.30. The van der Waals surface area contributed by atoms with Crippen molar-refractivity contribution in [2.45, 2.75) is 19.5 Å². The molecular weight excluding hydrogens is 413 g/mol. The number of amides is 1. The Hall–Kier alpha value is -3.40. The van der Waals surface area contributed by atoms with Crippen molar-refractivity contribution in [2.75, 3.05) is 25.6 Å². The van der Waals surface area contributed by atoms with Gasteiger partial charge in [-0.25, -0.2) is 4.68 Å². The molecule has 7 nitrogen and oxygen atoms in total. The lowest BCUT2D eigenvalue weighted by Crippen LogP contribution is -2.10. The van der Waals surface area contributed by atoms with Crippen molar-refractivity contribution in [3.05, 3.63) is 54.1 Å². The first kappa shape index (κ1) is 22.3. The molecule has 1 heterocycles. The van der Waals surface area contributed by atoms with Crippen LogP contribution in [0.3, 0.4) is 0 Å². The predicted molar refractivity (Wildman–Crippen MR) is 108 cm³/mol. The number of alkyl halides is 3. The quantitative estimate of drug-likeness (QED) is 0.534. The van der Waals surface area contributed by atoms with Crippen molar-refractivity contribution in [1.29, 1.82) is 0 Å². The maximum absolute atomic E-state index is 12.9. The van der Waals surface area contributed by atoms with Crippen LogP contribution >= 0.6 is 0 Å². The van der Waals surface area contributed by atoms with Gasteiger partial charge in [-0.1, -0.05) is 25.1 Å². The smallest absolute Gasteiger partial charge is 0.416 e. The second-order valence-electron chi connectivity index (χ2n) is 6.50. The van der Waals surface area contributed by atoms with E-state index >= 15 is 0 Å². The summed E-state index contributed by atoms with van der Waals surface area (Å²) in [4.78, 5) is 16.0. The zero-order valence-electron chi connectivity index (χ0n) is 16.9. The van der Waals surface area contributed by atoms with Gasteiger partial charge in [0, 0.05) is 24.8 Å². The first-order valence-corrected chi connectivity index (χ1v) is 9.48. The number of methoxy groups -OCH3 is 1. The van der Waals surface area contributed by atoms with Gasteiger partial charge >= 0.3 is 12.2 Å². The number of nitrogens with one attached hydrogen (secondary N) is 1. The topological polar surface area (TPSA) is 78.3 Å². The number of aromatic nitrogens is 3. The molecule has 2 aromatic carbocycles. The fourth-order valence-corrected chi connectivity index (χ4v) is 2.71. The molecule has 10 heteroatoms. The number of rotatable bonds is 8. The summed E-state index contributed by atoms with van der Waals surface area (Å²) in [5, 5.41) is 7.09. The van der Waals surface area contributed by atoms with E-state index < -0.39 is 11.7 Å². The zero-order chi connectivity index (χ0) is 22.4. The summed E-state index contributed by atoms with van der Waals surface area (Å²) in [5.74, 6) is 0.141. The van der Waals surface area contributed by atoms with Crippen LogP contribution in [0.1, 0.15) is 18.9 Å². The Labute approximate surface area is 176 Å².